The molecule has 0 bridgehead atoms. The van der Waals surface area contributed by atoms with E-state index in [9.17, 15) is 4.79 Å². The Balaban J connectivity index is 3.49. The second-order valence-electron chi connectivity index (χ2n) is 2.96. The molecule has 1 heterocycles. The van der Waals surface area contributed by atoms with Crippen LogP contribution >= 0.6 is 23.4 Å². The minimum Gasteiger partial charge on any atom is -0.478 e. The number of pyridine rings is 1. The Morgan fingerprint density at radius 1 is 1.67 bits per heavy atom. The molecule has 1 aromatic rings. The van der Waals surface area contributed by atoms with Crippen LogP contribution in [0.15, 0.2) is 17.8 Å². The first-order valence-corrected chi connectivity index (χ1v) is 5.71. The highest BCUT2D eigenvalue weighted by Crippen LogP contribution is 2.32. The molecule has 0 radical (unpaired) electrons. The third kappa shape index (κ3) is 2.33. The summed E-state index contributed by atoms with van der Waals surface area (Å²) in [4.78, 5) is 14.9. The van der Waals surface area contributed by atoms with Crippen LogP contribution in [0.3, 0.4) is 0 Å². The van der Waals surface area contributed by atoms with Crippen molar-refractivity contribution in [2.45, 2.75) is 11.9 Å². The van der Waals surface area contributed by atoms with Gasteiger partial charge in [0.1, 0.15) is 5.03 Å². The van der Waals surface area contributed by atoms with E-state index in [1.54, 1.807) is 6.92 Å². The molecular weight excluding hydrogens is 234 g/mol. The van der Waals surface area contributed by atoms with Crippen molar-refractivity contribution >= 4 is 34.9 Å². The van der Waals surface area contributed by atoms with E-state index in [0.717, 1.165) is 0 Å². The number of carboxylic acid groups (broad SMARTS) is 1. The fourth-order valence-electron chi connectivity index (χ4n) is 1.15. The van der Waals surface area contributed by atoms with Crippen molar-refractivity contribution in [3.05, 3.63) is 28.9 Å². The molecule has 0 aromatic carbocycles. The molecule has 0 atom stereocenters. The number of halogens is 1. The summed E-state index contributed by atoms with van der Waals surface area (Å²) in [7, 11) is 0. The number of rotatable bonds is 3. The number of carboxylic acids is 1. The van der Waals surface area contributed by atoms with E-state index in [1.165, 1.54) is 18.0 Å². The fourth-order valence-corrected chi connectivity index (χ4v) is 2.22. The first kappa shape index (κ1) is 12.1. The largest absolute Gasteiger partial charge is 0.478 e. The summed E-state index contributed by atoms with van der Waals surface area (Å²) in [5.41, 5.74) is 1.33. The Bertz CT molecular complexity index is 432. The van der Waals surface area contributed by atoms with Crippen LogP contribution in [0.1, 0.15) is 22.8 Å². The third-order valence-electron chi connectivity index (χ3n) is 1.83. The average Bonchev–Trinajstić information content (AvgIpc) is 2.15. The van der Waals surface area contributed by atoms with Crippen molar-refractivity contribution < 1.29 is 9.90 Å². The highest BCUT2D eigenvalue weighted by Gasteiger charge is 2.17. The molecule has 0 unspecified atom stereocenters. The molecule has 0 spiro atoms. The molecule has 15 heavy (non-hydrogen) atoms. The number of aromatic nitrogens is 1. The van der Waals surface area contributed by atoms with Crippen LogP contribution in [0.4, 0.5) is 0 Å². The van der Waals surface area contributed by atoms with Crippen LogP contribution in [0, 0.1) is 0 Å². The van der Waals surface area contributed by atoms with Gasteiger partial charge in [-0.05, 0) is 18.8 Å². The molecule has 1 rings (SSSR count). The summed E-state index contributed by atoms with van der Waals surface area (Å²) < 4.78 is 0. The number of hydrogen-bond donors (Lipinski definition) is 1. The maximum atomic E-state index is 10.8. The van der Waals surface area contributed by atoms with Crippen molar-refractivity contribution in [2.75, 3.05) is 6.26 Å². The number of hydrogen-bond acceptors (Lipinski definition) is 3. The summed E-state index contributed by atoms with van der Waals surface area (Å²) in [6.07, 6.45) is 3.12. The number of nitrogens with zero attached hydrogens (tertiary/aromatic N) is 1. The first-order valence-electron chi connectivity index (χ1n) is 4.10. The fraction of sp³-hybridized carbons (Fsp3) is 0.200. The molecule has 3 nitrogen and oxygen atoms in total. The quantitative estimate of drug-likeness (QED) is 0.829. The van der Waals surface area contributed by atoms with Crippen molar-refractivity contribution in [3.63, 3.8) is 0 Å². The van der Waals surface area contributed by atoms with Crippen molar-refractivity contribution in [2.24, 2.45) is 0 Å². The standard InChI is InChI=1S/C10H10ClNO2S/c1-5(2)7-8(11)6(10(13)14)4-12-9(7)15-3/h4H,1H2,2-3H3,(H,13,14). The lowest BCUT2D eigenvalue weighted by atomic mass is 10.1. The molecule has 0 saturated heterocycles. The summed E-state index contributed by atoms with van der Waals surface area (Å²) in [5, 5.41) is 9.77. The lowest BCUT2D eigenvalue weighted by Crippen LogP contribution is -2.02. The van der Waals surface area contributed by atoms with Crippen LogP contribution in [0.25, 0.3) is 5.57 Å². The summed E-state index contributed by atoms with van der Waals surface area (Å²) in [5.74, 6) is -1.08. The van der Waals surface area contributed by atoms with E-state index >= 15 is 0 Å². The van der Waals surface area contributed by atoms with Gasteiger partial charge in [0.05, 0.1) is 10.6 Å². The Kier molecular flexibility index (Phi) is 3.77. The van der Waals surface area contributed by atoms with Crippen LogP contribution in [0.5, 0.6) is 0 Å². The number of aromatic carboxylic acids is 1. The van der Waals surface area contributed by atoms with Gasteiger partial charge in [-0.25, -0.2) is 9.78 Å². The van der Waals surface area contributed by atoms with Crippen LogP contribution < -0.4 is 0 Å². The van der Waals surface area contributed by atoms with Crippen LogP contribution in [0.2, 0.25) is 5.02 Å². The molecular formula is C10H10ClNO2S. The number of carbonyl (C=O) groups is 1. The average molecular weight is 244 g/mol. The molecule has 0 aliphatic rings. The lowest BCUT2D eigenvalue weighted by molar-refractivity contribution is 0.0696. The molecule has 1 aromatic heterocycles. The lowest BCUT2D eigenvalue weighted by Gasteiger charge is -2.10. The van der Waals surface area contributed by atoms with Crippen LogP contribution in [-0.4, -0.2) is 22.3 Å². The predicted molar refractivity (Wildman–Crippen MR) is 62.7 cm³/mol. The van der Waals surface area contributed by atoms with Gasteiger partial charge in [0.25, 0.3) is 0 Å². The van der Waals surface area contributed by atoms with Gasteiger partial charge in [0, 0.05) is 11.8 Å². The zero-order valence-electron chi connectivity index (χ0n) is 8.37. The van der Waals surface area contributed by atoms with Gasteiger partial charge in [-0.3, -0.25) is 0 Å². The zero-order valence-corrected chi connectivity index (χ0v) is 9.95. The smallest absolute Gasteiger partial charge is 0.338 e. The van der Waals surface area contributed by atoms with E-state index in [2.05, 4.69) is 11.6 Å². The van der Waals surface area contributed by atoms with Gasteiger partial charge in [-0.2, -0.15) is 0 Å². The topological polar surface area (TPSA) is 50.2 Å². The summed E-state index contributed by atoms with van der Waals surface area (Å²) >= 11 is 7.40. The van der Waals surface area contributed by atoms with Gasteiger partial charge >= 0.3 is 5.97 Å². The monoisotopic (exact) mass is 243 g/mol. The highest BCUT2D eigenvalue weighted by atomic mass is 35.5. The summed E-state index contributed by atoms with van der Waals surface area (Å²) in [6, 6.07) is 0. The first-order chi connectivity index (χ1) is 6.99. The van der Waals surface area contributed by atoms with E-state index < -0.39 is 5.97 Å². The minimum atomic E-state index is -1.08. The molecule has 0 fully saturated rings. The molecule has 0 aliphatic carbocycles. The zero-order chi connectivity index (χ0) is 11.6. The minimum absolute atomic E-state index is 0.00691. The van der Waals surface area contributed by atoms with Gasteiger partial charge in [0.2, 0.25) is 0 Å². The Labute approximate surface area is 97.2 Å². The SMILES string of the molecule is C=C(C)c1c(SC)ncc(C(=O)O)c1Cl. The maximum Gasteiger partial charge on any atom is 0.338 e. The number of thioether (sulfide) groups is 1. The van der Waals surface area contributed by atoms with Crippen LogP contribution in [-0.2, 0) is 0 Å². The Morgan fingerprint density at radius 3 is 2.67 bits per heavy atom. The van der Waals surface area contributed by atoms with Gasteiger partial charge < -0.3 is 5.11 Å². The normalized spacial score (nSPS) is 10.1. The van der Waals surface area contributed by atoms with Gasteiger partial charge in [-0.1, -0.05) is 18.2 Å². The molecule has 1 N–H and O–H groups in total. The Hall–Kier alpha value is -1.00. The second kappa shape index (κ2) is 4.68. The van der Waals surface area contributed by atoms with Gasteiger partial charge in [-0.15, -0.1) is 11.8 Å². The summed E-state index contributed by atoms with van der Waals surface area (Å²) in [6.45, 7) is 5.54. The highest BCUT2D eigenvalue weighted by molar-refractivity contribution is 7.98. The van der Waals surface area contributed by atoms with E-state index in [4.69, 9.17) is 16.7 Å². The van der Waals surface area contributed by atoms with Crippen molar-refractivity contribution in [1.82, 2.24) is 4.98 Å². The molecule has 5 heteroatoms. The van der Waals surface area contributed by atoms with Crippen molar-refractivity contribution in [3.8, 4) is 0 Å². The van der Waals surface area contributed by atoms with E-state index in [1.807, 2.05) is 6.26 Å². The van der Waals surface area contributed by atoms with E-state index in [0.29, 0.717) is 16.2 Å². The number of allylic oxidation sites excluding steroid dienone is 1. The second-order valence-corrected chi connectivity index (χ2v) is 4.13. The van der Waals surface area contributed by atoms with E-state index in [-0.39, 0.29) is 10.6 Å². The maximum absolute atomic E-state index is 10.8. The molecule has 0 saturated carbocycles. The van der Waals surface area contributed by atoms with Crippen molar-refractivity contribution in [1.29, 1.82) is 0 Å². The molecule has 80 valence electrons. The molecule has 0 aliphatic heterocycles. The van der Waals surface area contributed by atoms with Gasteiger partial charge in [0.15, 0.2) is 0 Å². The Morgan fingerprint density at radius 2 is 2.27 bits per heavy atom. The molecule has 0 amide bonds. The predicted octanol–water partition coefficient (Wildman–Crippen LogP) is 3.19. The third-order valence-corrected chi connectivity index (χ3v) is 2.92.